The molecule has 0 unspecified atom stereocenters. The van der Waals surface area contributed by atoms with Gasteiger partial charge in [0.1, 0.15) is 0 Å². The Morgan fingerprint density at radius 2 is 2.27 bits per heavy atom. The van der Waals surface area contributed by atoms with Crippen LogP contribution in [-0.2, 0) is 4.79 Å². The largest absolute Gasteiger partial charge is 0.242 e. The second-order valence-electron chi connectivity index (χ2n) is 3.14. The van der Waals surface area contributed by atoms with Gasteiger partial charge in [-0.05, 0) is 24.6 Å². The molecule has 0 fully saturated rings. The minimum atomic E-state index is 0.482. The zero-order chi connectivity index (χ0) is 10.7. The molecular formula is C11H9N3O. The molecule has 4 nitrogen and oxygen atoms in total. The van der Waals surface area contributed by atoms with E-state index in [1.54, 1.807) is 16.9 Å². The molecule has 0 bridgehead atoms. The van der Waals surface area contributed by atoms with Gasteiger partial charge in [0.05, 0.1) is 11.9 Å². The van der Waals surface area contributed by atoms with E-state index in [4.69, 9.17) is 0 Å². The predicted molar refractivity (Wildman–Crippen MR) is 56.1 cm³/mol. The summed E-state index contributed by atoms with van der Waals surface area (Å²) in [5, 5.41) is 4.09. The van der Waals surface area contributed by atoms with Crippen LogP contribution in [0.4, 0.5) is 5.82 Å². The Kier molecular flexibility index (Phi) is 2.44. The molecule has 74 valence electrons. The summed E-state index contributed by atoms with van der Waals surface area (Å²) >= 11 is 0. The van der Waals surface area contributed by atoms with Gasteiger partial charge >= 0.3 is 0 Å². The van der Waals surface area contributed by atoms with Crippen LogP contribution in [0.5, 0.6) is 0 Å². The fraction of sp³-hybridized carbons (Fsp3) is 0.0909. The Hall–Kier alpha value is -2.19. The molecule has 0 aliphatic heterocycles. The van der Waals surface area contributed by atoms with Crippen LogP contribution in [0.15, 0.2) is 41.5 Å². The summed E-state index contributed by atoms with van der Waals surface area (Å²) in [6.07, 6.45) is 3.10. The van der Waals surface area contributed by atoms with Gasteiger partial charge < -0.3 is 0 Å². The van der Waals surface area contributed by atoms with Gasteiger partial charge in [-0.1, -0.05) is 12.1 Å². The van der Waals surface area contributed by atoms with Crippen LogP contribution < -0.4 is 0 Å². The molecule has 0 spiro atoms. The van der Waals surface area contributed by atoms with Crippen LogP contribution in [0.1, 0.15) is 5.56 Å². The number of hydrogen-bond donors (Lipinski definition) is 0. The number of benzene rings is 1. The van der Waals surface area contributed by atoms with Crippen molar-refractivity contribution in [3.05, 3.63) is 42.1 Å². The maximum absolute atomic E-state index is 10.2. The second-order valence-corrected chi connectivity index (χ2v) is 3.14. The Morgan fingerprint density at radius 3 is 3.00 bits per heavy atom. The minimum absolute atomic E-state index is 0.482. The van der Waals surface area contributed by atoms with Crippen LogP contribution in [0.25, 0.3) is 5.69 Å². The Balaban J connectivity index is 2.53. The molecule has 0 atom stereocenters. The van der Waals surface area contributed by atoms with Crippen LogP contribution >= 0.6 is 0 Å². The Bertz CT molecular complexity index is 524. The maximum Gasteiger partial charge on any atom is 0.242 e. The Labute approximate surface area is 86.9 Å². The molecule has 15 heavy (non-hydrogen) atoms. The maximum atomic E-state index is 10.2. The van der Waals surface area contributed by atoms with Gasteiger partial charge in [0.15, 0.2) is 5.82 Å². The van der Waals surface area contributed by atoms with Gasteiger partial charge in [0, 0.05) is 6.07 Å². The van der Waals surface area contributed by atoms with Crippen molar-refractivity contribution in [2.45, 2.75) is 6.92 Å². The molecule has 1 heterocycles. The topological polar surface area (TPSA) is 47.2 Å². The summed E-state index contributed by atoms with van der Waals surface area (Å²) in [5.74, 6) is 0.482. The fourth-order valence-electron chi connectivity index (χ4n) is 1.39. The van der Waals surface area contributed by atoms with E-state index in [2.05, 4.69) is 10.1 Å². The van der Waals surface area contributed by atoms with Gasteiger partial charge in [-0.25, -0.2) is 9.48 Å². The summed E-state index contributed by atoms with van der Waals surface area (Å²) in [4.78, 5) is 13.8. The smallest absolute Gasteiger partial charge is 0.215 e. The molecule has 0 N–H and O–H groups in total. The Morgan fingerprint density at radius 1 is 1.40 bits per heavy atom. The molecular weight excluding hydrogens is 190 g/mol. The lowest BCUT2D eigenvalue weighted by Gasteiger charge is -2.03. The van der Waals surface area contributed by atoms with E-state index in [9.17, 15) is 4.79 Å². The third kappa shape index (κ3) is 1.85. The van der Waals surface area contributed by atoms with Crippen LogP contribution in [0.2, 0.25) is 0 Å². The number of isocyanates is 1. The molecule has 0 saturated heterocycles. The number of hydrogen-bond acceptors (Lipinski definition) is 3. The van der Waals surface area contributed by atoms with Crippen molar-refractivity contribution < 1.29 is 4.79 Å². The van der Waals surface area contributed by atoms with Crippen molar-refractivity contribution in [2.75, 3.05) is 0 Å². The van der Waals surface area contributed by atoms with E-state index in [0.29, 0.717) is 5.82 Å². The van der Waals surface area contributed by atoms with E-state index in [0.717, 1.165) is 11.3 Å². The van der Waals surface area contributed by atoms with Crippen molar-refractivity contribution in [2.24, 2.45) is 4.99 Å². The van der Waals surface area contributed by atoms with Crippen LogP contribution in [0, 0.1) is 6.92 Å². The molecule has 1 aromatic carbocycles. The zero-order valence-electron chi connectivity index (χ0n) is 8.21. The van der Waals surface area contributed by atoms with Gasteiger partial charge in [0.25, 0.3) is 0 Å². The van der Waals surface area contributed by atoms with Gasteiger partial charge in [0.2, 0.25) is 6.08 Å². The van der Waals surface area contributed by atoms with Gasteiger partial charge in [-0.15, -0.1) is 4.99 Å². The number of rotatable bonds is 2. The van der Waals surface area contributed by atoms with E-state index in [-0.39, 0.29) is 0 Å². The lowest BCUT2D eigenvalue weighted by atomic mass is 10.2. The fourth-order valence-corrected chi connectivity index (χ4v) is 1.39. The lowest BCUT2D eigenvalue weighted by Crippen LogP contribution is -1.95. The highest BCUT2D eigenvalue weighted by Gasteiger charge is 2.02. The first kappa shape index (κ1) is 9.37. The summed E-state index contributed by atoms with van der Waals surface area (Å²) in [6, 6.07) is 9.46. The highest BCUT2D eigenvalue weighted by atomic mass is 16.1. The van der Waals surface area contributed by atoms with E-state index >= 15 is 0 Å². The molecule has 0 aliphatic carbocycles. The third-order valence-corrected chi connectivity index (χ3v) is 2.03. The molecule has 0 aliphatic rings. The molecule has 2 aromatic rings. The highest BCUT2D eigenvalue weighted by molar-refractivity contribution is 5.48. The highest BCUT2D eigenvalue weighted by Crippen LogP contribution is 2.17. The summed E-state index contributed by atoms with van der Waals surface area (Å²) in [7, 11) is 0. The summed E-state index contributed by atoms with van der Waals surface area (Å²) in [5.41, 5.74) is 2.01. The monoisotopic (exact) mass is 199 g/mol. The van der Waals surface area contributed by atoms with Crippen LogP contribution in [0.3, 0.4) is 0 Å². The average Bonchev–Trinajstić information content (AvgIpc) is 2.66. The lowest BCUT2D eigenvalue weighted by molar-refractivity contribution is 0.565. The standard InChI is InChI=1S/C11H9N3O/c1-9-3-2-4-10(7-9)14-11(12-8-15)5-6-13-14/h2-7H,1H3. The number of nitrogens with zero attached hydrogens (tertiary/aromatic N) is 3. The minimum Gasteiger partial charge on any atom is -0.215 e. The first-order chi connectivity index (χ1) is 7.31. The number of aryl methyl sites for hydroxylation is 1. The second kappa shape index (κ2) is 3.90. The van der Waals surface area contributed by atoms with Gasteiger partial charge in [-0.3, -0.25) is 0 Å². The third-order valence-electron chi connectivity index (χ3n) is 2.03. The van der Waals surface area contributed by atoms with Crippen molar-refractivity contribution in [1.82, 2.24) is 9.78 Å². The predicted octanol–water partition coefficient (Wildman–Crippen LogP) is 2.15. The normalized spacial score (nSPS) is 9.67. The molecule has 0 saturated carbocycles. The van der Waals surface area contributed by atoms with Crippen LogP contribution in [-0.4, -0.2) is 15.9 Å². The van der Waals surface area contributed by atoms with Crippen molar-refractivity contribution in [1.29, 1.82) is 0 Å². The molecule has 1 aromatic heterocycles. The average molecular weight is 199 g/mol. The quantitative estimate of drug-likeness (QED) is 0.549. The number of carbonyl (C=O) groups excluding carboxylic acids is 1. The van der Waals surface area contributed by atoms with E-state index < -0.39 is 0 Å². The van der Waals surface area contributed by atoms with Gasteiger partial charge in [-0.2, -0.15) is 5.10 Å². The van der Waals surface area contributed by atoms with Crippen molar-refractivity contribution in [3.63, 3.8) is 0 Å². The first-order valence-corrected chi connectivity index (χ1v) is 4.50. The first-order valence-electron chi connectivity index (χ1n) is 4.50. The van der Waals surface area contributed by atoms with Crippen molar-refractivity contribution >= 4 is 11.9 Å². The zero-order valence-corrected chi connectivity index (χ0v) is 8.21. The van der Waals surface area contributed by atoms with E-state index in [1.807, 2.05) is 31.2 Å². The summed E-state index contributed by atoms with van der Waals surface area (Å²) < 4.78 is 1.60. The van der Waals surface area contributed by atoms with E-state index in [1.165, 1.54) is 6.08 Å². The number of aliphatic imine (C=N–C) groups is 1. The molecule has 0 amide bonds. The number of aromatic nitrogens is 2. The van der Waals surface area contributed by atoms with Crippen molar-refractivity contribution in [3.8, 4) is 5.69 Å². The molecule has 2 rings (SSSR count). The summed E-state index contributed by atoms with van der Waals surface area (Å²) in [6.45, 7) is 2.00. The molecule has 4 heteroatoms. The SMILES string of the molecule is Cc1cccc(-n2nccc2N=C=O)c1. The molecule has 0 radical (unpaired) electrons.